The molecule has 8 heteroatoms. The summed E-state index contributed by atoms with van der Waals surface area (Å²) in [5, 5.41) is 0. The minimum absolute atomic E-state index is 0.307. The van der Waals surface area contributed by atoms with Crippen LogP contribution in [0.1, 0.15) is 30.0 Å². The highest BCUT2D eigenvalue weighted by molar-refractivity contribution is 7.93. The van der Waals surface area contributed by atoms with E-state index in [0.29, 0.717) is 12.1 Å². The van der Waals surface area contributed by atoms with Crippen LogP contribution in [-0.2, 0) is 26.3 Å². The van der Waals surface area contributed by atoms with E-state index in [9.17, 15) is 16.8 Å². The number of hydrogen-bond acceptors (Lipinski definition) is 5. The van der Waals surface area contributed by atoms with Gasteiger partial charge in [0.25, 0.3) is 0 Å². The van der Waals surface area contributed by atoms with Gasteiger partial charge in [0, 0.05) is 18.0 Å². The van der Waals surface area contributed by atoms with Gasteiger partial charge in [0.05, 0.1) is 11.5 Å². The Hall–Kier alpha value is -1.12. The molecular weight excluding hydrogens is 312 g/mol. The van der Waals surface area contributed by atoms with Crippen LogP contribution in [0, 0.1) is 0 Å². The molecule has 6 nitrogen and oxygen atoms in total. The van der Waals surface area contributed by atoms with Gasteiger partial charge in [-0.3, -0.25) is 0 Å². The Morgan fingerprint density at radius 3 is 2.62 bits per heavy atom. The fraction of sp³-hybridized carbons (Fsp3) is 0.538. The number of sulfone groups is 1. The summed E-state index contributed by atoms with van der Waals surface area (Å²) in [6, 6.07) is 5.15. The molecule has 0 radical (unpaired) electrons. The molecule has 118 valence electrons. The van der Waals surface area contributed by atoms with Crippen molar-refractivity contribution in [1.29, 1.82) is 0 Å². The molecule has 2 rings (SSSR count). The van der Waals surface area contributed by atoms with E-state index in [0.717, 1.165) is 30.2 Å². The molecule has 3 N–H and O–H groups in total. The van der Waals surface area contributed by atoms with E-state index in [1.165, 1.54) is 0 Å². The van der Waals surface area contributed by atoms with E-state index in [4.69, 9.17) is 5.73 Å². The van der Waals surface area contributed by atoms with E-state index in [1.807, 2.05) is 12.1 Å². The van der Waals surface area contributed by atoms with Gasteiger partial charge in [-0.05, 0) is 42.5 Å². The van der Waals surface area contributed by atoms with Crippen molar-refractivity contribution in [3.05, 3.63) is 29.3 Å². The van der Waals surface area contributed by atoms with Crippen LogP contribution >= 0.6 is 0 Å². The highest BCUT2D eigenvalue weighted by Gasteiger charge is 2.25. The Kier molecular flexibility index (Phi) is 4.60. The lowest BCUT2D eigenvalue weighted by Crippen LogP contribution is -2.34. The fourth-order valence-electron chi connectivity index (χ4n) is 2.49. The molecule has 0 saturated carbocycles. The van der Waals surface area contributed by atoms with Gasteiger partial charge in [0.15, 0.2) is 0 Å². The number of sulfonamides is 1. The topological polar surface area (TPSA) is 106 Å². The second-order valence-electron chi connectivity index (χ2n) is 5.47. The van der Waals surface area contributed by atoms with Crippen molar-refractivity contribution in [2.45, 2.75) is 25.3 Å². The monoisotopic (exact) mass is 332 g/mol. The molecule has 1 aromatic carbocycles. The molecule has 21 heavy (non-hydrogen) atoms. The average Bonchev–Trinajstić information content (AvgIpc) is 2.35. The van der Waals surface area contributed by atoms with Gasteiger partial charge >= 0.3 is 0 Å². The second kappa shape index (κ2) is 5.94. The summed E-state index contributed by atoms with van der Waals surface area (Å²) in [4.78, 5) is 0. The predicted molar refractivity (Wildman–Crippen MR) is 83.2 cm³/mol. The van der Waals surface area contributed by atoms with Gasteiger partial charge < -0.3 is 5.73 Å². The van der Waals surface area contributed by atoms with Gasteiger partial charge in [-0.15, -0.1) is 0 Å². The van der Waals surface area contributed by atoms with Crippen LogP contribution in [0.25, 0.3) is 0 Å². The SMILES string of the molecule is CS(=O)(=O)CCS(=O)(=O)NC1CCCc2cc(N)ccc21. The first-order valence-electron chi connectivity index (χ1n) is 6.72. The highest BCUT2D eigenvalue weighted by Crippen LogP contribution is 2.31. The Balaban J connectivity index is 2.14. The second-order valence-corrected chi connectivity index (χ2v) is 9.60. The maximum atomic E-state index is 12.0. The van der Waals surface area contributed by atoms with Crippen molar-refractivity contribution in [3.8, 4) is 0 Å². The van der Waals surface area contributed by atoms with E-state index in [2.05, 4.69) is 4.72 Å². The lowest BCUT2D eigenvalue weighted by Gasteiger charge is -2.26. The molecule has 1 aliphatic carbocycles. The summed E-state index contributed by atoms with van der Waals surface area (Å²) in [6.45, 7) is 0. The smallest absolute Gasteiger partial charge is 0.213 e. The summed E-state index contributed by atoms with van der Waals surface area (Å²) in [5.74, 6) is -0.781. The number of rotatable bonds is 5. The molecule has 0 saturated heterocycles. The molecule has 0 aliphatic heterocycles. The van der Waals surface area contributed by atoms with E-state index in [-0.39, 0.29) is 11.8 Å². The van der Waals surface area contributed by atoms with Crippen LogP contribution in [0.2, 0.25) is 0 Å². The maximum Gasteiger partial charge on any atom is 0.213 e. The molecule has 1 aliphatic rings. The van der Waals surface area contributed by atoms with Crippen LogP contribution in [0.15, 0.2) is 18.2 Å². The molecule has 0 heterocycles. The van der Waals surface area contributed by atoms with Crippen molar-refractivity contribution >= 4 is 25.5 Å². The van der Waals surface area contributed by atoms with Crippen LogP contribution in [-0.4, -0.2) is 34.6 Å². The third kappa shape index (κ3) is 4.69. The first-order chi connectivity index (χ1) is 9.66. The molecule has 0 bridgehead atoms. The molecule has 1 atom stereocenters. The van der Waals surface area contributed by atoms with Gasteiger partial charge in [-0.1, -0.05) is 6.07 Å². The van der Waals surface area contributed by atoms with Crippen LogP contribution < -0.4 is 10.5 Å². The zero-order chi connectivity index (χ0) is 15.7. The molecule has 0 amide bonds. The Bertz CT molecular complexity index is 727. The number of fused-ring (bicyclic) bond motifs is 1. The molecule has 0 spiro atoms. The quantitative estimate of drug-likeness (QED) is 0.768. The lowest BCUT2D eigenvalue weighted by atomic mass is 9.88. The number of nitrogens with one attached hydrogen (secondary N) is 1. The molecule has 1 aromatic rings. The summed E-state index contributed by atoms with van der Waals surface area (Å²) >= 11 is 0. The van der Waals surface area contributed by atoms with Gasteiger partial charge in [0.2, 0.25) is 10.0 Å². The van der Waals surface area contributed by atoms with Crippen LogP contribution in [0.3, 0.4) is 0 Å². The largest absolute Gasteiger partial charge is 0.399 e. The number of anilines is 1. The third-order valence-corrected chi connectivity index (χ3v) is 6.12. The Morgan fingerprint density at radius 1 is 1.24 bits per heavy atom. The number of benzene rings is 1. The average molecular weight is 332 g/mol. The zero-order valence-electron chi connectivity index (χ0n) is 11.9. The zero-order valence-corrected chi connectivity index (χ0v) is 13.5. The van der Waals surface area contributed by atoms with E-state index >= 15 is 0 Å². The van der Waals surface area contributed by atoms with Crippen LogP contribution in [0.4, 0.5) is 5.69 Å². The minimum atomic E-state index is -3.63. The summed E-state index contributed by atoms with van der Waals surface area (Å²) in [7, 11) is -6.93. The van der Waals surface area contributed by atoms with Gasteiger partial charge in [-0.2, -0.15) is 0 Å². The minimum Gasteiger partial charge on any atom is -0.399 e. The summed E-state index contributed by atoms with van der Waals surface area (Å²) < 4.78 is 48.9. The number of hydrogen-bond donors (Lipinski definition) is 2. The first-order valence-corrected chi connectivity index (χ1v) is 10.4. The first kappa shape index (κ1) is 16.3. The van der Waals surface area contributed by atoms with E-state index in [1.54, 1.807) is 6.07 Å². The predicted octanol–water partition coefficient (Wildman–Crippen LogP) is 0.610. The van der Waals surface area contributed by atoms with Crippen molar-refractivity contribution in [2.75, 3.05) is 23.5 Å². The molecule has 0 aromatic heterocycles. The fourth-order valence-corrected chi connectivity index (χ4v) is 5.38. The van der Waals surface area contributed by atoms with E-state index < -0.39 is 25.6 Å². The van der Waals surface area contributed by atoms with Crippen molar-refractivity contribution in [1.82, 2.24) is 4.72 Å². The maximum absolute atomic E-state index is 12.0. The normalized spacial score (nSPS) is 19.2. The molecule has 0 fully saturated rings. The molecular formula is C13H20N2O4S2. The van der Waals surface area contributed by atoms with Crippen molar-refractivity contribution in [2.24, 2.45) is 0 Å². The third-order valence-electron chi connectivity index (χ3n) is 3.53. The number of aryl methyl sites for hydroxylation is 1. The van der Waals surface area contributed by atoms with Gasteiger partial charge in [-0.25, -0.2) is 21.6 Å². The lowest BCUT2D eigenvalue weighted by molar-refractivity contribution is 0.508. The number of nitrogens with two attached hydrogens (primary N) is 1. The highest BCUT2D eigenvalue weighted by atomic mass is 32.2. The standard InChI is InChI=1S/C13H20N2O4S2/c1-20(16,17)7-8-21(18,19)15-13-4-2-3-10-9-11(14)5-6-12(10)13/h5-6,9,13,15H,2-4,7-8,14H2,1H3. The van der Waals surface area contributed by atoms with Gasteiger partial charge in [0.1, 0.15) is 9.84 Å². The Labute approximate surface area is 125 Å². The number of nitrogen functional groups attached to an aromatic ring is 1. The summed E-state index contributed by atoms with van der Waals surface area (Å²) in [6.07, 6.45) is 3.48. The molecule has 1 unspecified atom stereocenters. The summed E-state index contributed by atoms with van der Waals surface area (Å²) in [5.41, 5.74) is 8.39. The van der Waals surface area contributed by atoms with Crippen molar-refractivity contribution in [3.63, 3.8) is 0 Å². The Morgan fingerprint density at radius 2 is 1.95 bits per heavy atom. The van der Waals surface area contributed by atoms with Crippen LogP contribution in [0.5, 0.6) is 0 Å². The van der Waals surface area contributed by atoms with Crippen molar-refractivity contribution < 1.29 is 16.8 Å².